The number of rotatable bonds is 4. The number of ether oxygens (including phenoxy) is 2. The molecule has 2 heterocycles. The number of aromatic nitrogens is 2. The minimum Gasteiger partial charge on any atom is -0.473 e. The van der Waals surface area contributed by atoms with Gasteiger partial charge in [0.2, 0.25) is 5.88 Å². The lowest BCUT2D eigenvalue weighted by Crippen LogP contribution is -2.46. The Morgan fingerprint density at radius 2 is 2.04 bits per heavy atom. The van der Waals surface area contributed by atoms with Crippen LogP contribution >= 0.6 is 27.5 Å². The first-order valence-corrected chi connectivity index (χ1v) is 10.0. The van der Waals surface area contributed by atoms with Gasteiger partial charge in [-0.25, -0.2) is 14.8 Å². The van der Waals surface area contributed by atoms with Gasteiger partial charge in [0.15, 0.2) is 11.5 Å². The van der Waals surface area contributed by atoms with Crippen molar-refractivity contribution in [2.45, 2.75) is 25.4 Å². The summed E-state index contributed by atoms with van der Waals surface area (Å²) in [6.07, 6.45) is 5.07. The lowest BCUT2D eigenvalue weighted by molar-refractivity contribution is -0.0920. The molecular formula is C19H18BrClN4O2. The SMILES string of the molecule is [C-]#[N+]c1ccc(Nc2ncnc(OC3C4CCCC3COC4)c2Br)c(Cl)c1. The summed E-state index contributed by atoms with van der Waals surface area (Å²) in [7, 11) is 0. The molecular weight excluding hydrogens is 432 g/mol. The highest BCUT2D eigenvalue weighted by atomic mass is 79.9. The smallest absolute Gasteiger partial charge is 0.233 e. The predicted molar refractivity (Wildman–Crippen MR) is 107 cm³/mol. The highest BCUT2D eigenvalue weighted by molar-refractivity contribution is 9.10. The number of hydrogen-bond donors (Lipinski definition) is 1. The molecule has 1 saturated carbocycles. The summed E-state index contributed by atoms with van der Waals surface area (Å²) in [4.78, 5) is 12.0. The quantitative estimate of drug-likeness (QED) is 0.635. The van der Waals surface area contributed by atoms with Crippen molar-refractivity contribution in [3.8, 4) is 5.88 Å². The monoisotopic (exact) mass is 448 g/mol. The van der Waals surface area contributed by atoms with Crippen LogP contribution in [0.15, 0.2) is 29.0 Å². The van der Waals surface area contributed by atoms with Crippen LogP contribution in [0.2, 0.25) is 5.02 Å². The van der Waals surface area contributed by atoms with E-state index in [9.17, 15) is 0 Å². The summed E-state index contributed by atoms with van der Waals surface area (Å²) in [5.74, 6) is 1.90. The molecule has 2 bridgehead atoms. The van der Waals surface area contributed by atoms with E-state index in [0.29, 0.717) is 44.4 Å². The van der Waals surface area contributed by atoms with Crippen molar-refractivity contribution in [1.82, 2.24) is 9.97 Å². The van der Waals surface area contributed by atoms with Crippen LogP contribution in [-0.4, -0.2) is 29.3 Å². The van der Waals surface area contributed by atoms with Crippen LogP contribution in [0.25, 0.3) is 4.85 Å². The Morgan fingerprint density at radius 3 is 2.74 bits per heavy atom. The van der Waals surface area contributed by atoms with Gasteiger partial charge in [-0.05, 0) is 40.9 Å². The van der Waals surface area contributed by atoms with Crippen molar-refractivity contribution in [2.24, 2.45) is 11.8 Å². The third-order valence-corrected chi connectivity index (χ3v) is 6.11. The summed E-state index contributed by atoms with van der Waals surface area (Å²) in [5, 5.41) is 3.64. The molecule has 1 saturated heterocycles. The van der Waals surface area contributed by atoms with E-state index in [1.165, 1.54) is 12.7 Å². The van der Waals surface area contributed by atoms with Gasteiger partial charge in [-0.1, -0.05) is 24.1 Å². The number of hydrogen-bond acceptors (Lipinski definition) is 5. The minimum atomic E-state index is 0.119. The molecule has 0 spiro atoms. The molecule has 0 radical (unpaired) electrons. The van der Waals surface area contributed by atoms with Gasteiger partial charge in [-0.2, -0.15) is 0 Å². The van der Waals surface area contributed by atoms with Crippen molar-refractivity contribution in [1.29, 1.82) is 0 Å². The standard InChI is InChI=1S/C19H18BrClN4O2/c1-22-13-5-6-15(14(21)7-13)25-18-16(20)19(24-10-23-18)27-17-11-3-2-4-12(17)9-26-8-11/h5-7,10-12,17H,2-4,8-9H2,(H,23,24,25). The average Bonchev–Trinajstić information content (AvgIpc) is 2.66. The molecule has 2 aliphatic rings. The average molecular weight is 450 g/mol. The Bertz CT molecular complexity index is 866. The maximum atomic E-state index is 7.06. The van der Waals surface area contributed by atoms with Gasteiger partial charge in [0, 0.05) is 11.8 Å². The summed E-state index contributed by atoms with van der Waals surface area (Å²) in [6.45, 7) is 8.56. The van der Waals surface area contributed by atoms with E-state index in [-0.39, 0.29) is 6.10 Å². The highest BCUT2D eigenvalue weighted by Gasteiger charge is 2.39. The molecule has 1 aromatic heterocycles. The molecule has 2 atom stereocenters. The van der Waals surface area contributed by atoms with Gasteiger partial charge in [0.25, 0.3) is 0 Å². The van der Waals surface area contributed by atoms with Crippen LogP contribution in [0.3, 0.4) is 0 Å². The van der Waals surface area contributed by atoms with Gasteiger partial charge < -0.3 is 14.8 Å². The minimum absolute atomic E-state index is 0.119. The van der Waals surface area contributed by atoms with E-state index in [1.807, 2.05) is 0 Å². The molecule has 1 aliphatic carbocycles. The zero-order valence-corrected chi connectivity index (χ0v) is 16.8. The molecule has 1 aromatic carbocycles. The van der Waals surface area contributed by atoms with Crippen molar-refractivity contribution in [3.05, 3.63) is 45.4 Å². The third-order valence-electron chi connectivity index (χ3n) is 5.08. The second-order valence-corrected chi connectivity index (χ2v) is 8.01. The van der Waals surface area contributed by atoms with E-state index >= 15 is 0 Å². The Morgan fingerprint density at radius 1 is 1.26 bits per heavy atom. The highest BCUT2D eigenvalue weighted by Crippen LogP contribution is 2.39. The molecule has 27 heavy (non-hydrogen) atoms. The molecule has 0 amide bonds. The van der Waals surface area contributed by atoms with Crippen LogP contribution < -0.4 is 10.1 Å². The number of benzene rings is 1. The molecule has 8 heteroatoms. The summed E-state index contributed by atoms with van der Waals surface area (Å²) in [6, 6.07) is 5.08. The van der Waals surface area contributed by atoms with Gasteiger partial charge in [-0.15, -0.1) is 0 Å². The Balaban J connectivity index is 1.55. The molecule has 1 N–H and O–H groups in total. The van der Waals surface area contributed by atoms with Gasteiger partial charge in [0.05, 0.1) is 30.5 Å². The first kappa shape index (κ1) is 18.5. The molecule has 2 fully saturated rings. The molecule has 2 aromatic rings. The lowest BCUT2D eigenvalue weighted by Gasteiger charge is -2.41. The van der Waals surface area contributed by atoms with Crippen molar-refractivity contribution in [3.63, 3.8) is 0 Å². The molecule has 140 valence electrons. The van der Waals surface area contributed by atoms with Crippen LogP contribution in [0.4, 0.5) is 17.2 Å². The molecule has 2 unspecified atom stereocenters. The number of nitrogens with zero attached hydrogens (tertiary/aromatic N) is 3. The van der Waals surface area contributed by atoms with Gasteiger partial charge >= 0.3 is 0 Å². The van der Waals surface area contributed by atoms with E-state index in [1.54, 1.807) is 18.2 Å². The maximum Gasteiger partial charge on any atom is 0.233 e. The van der Waals surface area contributed by atoms with Gasteiger partial charge in [-0.3, -0.25) is 0 Å². The normalized spacial score (nSPS) is 24.1. The number of anilines is 2. The fourth-order valence-electron chi connectivity index (χ4n) is 3.73. The fourth-order valence-corrected chi connectivity index (χ4v) is 4.35. The summed E-state index contributed by atoms with van der Waals surface area (Å²) >= 11 is 9.82. The Kier molecular flexibility index (Phi) is 5.48. The predicted octanol–water partition coefficient (Wildman–Crippen LogP) is 5.38. The number of halogens is 2. The van der Waals surface area contributed by atoms with Gasteiger partial charge in [0.1, 0.15) is 16.9 Å². The Hall–Kier alpha value is -1.88. The Labute approximate surface area is 171 Å². The zero-order valence-electron chi connectivity index (χ0n) is 14.5. The van der Waals surface area contributed by atoms with E-state index in [4.69, 9.17) is 27.6 Å². The zero-order chi connectivity index (χ0) is 18.8. The summed E-state index contributed by atoms with van der Waals surface area (Å²) in [5.41, 5.74) is 1.15. The second kappa shape index (κ2) is 8.01. The first-order chi connectivity index (χ1) is 13.2. The topological polar surface area (TPSA) is 60.6 Å². The lowest BCUT2D eigenvalue weighted by atomic mass is 9.78. The van der Waals surface area contributed by atoms with Crippen LogP contribution in [-0.2, 0) is 4.74 Å². The number of nitrogens with one attached hydrogen (secondary N) is 1. The van der Waals surface area contributed by atoms with Crippen LogP contribution in [0, 0.1) is 18.4 Å². The van der Waals surface area contributed by atoms with Crippen LogP contribution in [0.5, 0.6) is 5.88 Å². The molecule has 6 nitrogen and oxygen atoms in total. The van der Waals surface area contributed by atoms with Crippen molar-refractivity contribution < 1.29 is 9.47 Å². The maximum absolute atomic E-state index is 7.06. The summed E-state index contributed by atoms with van der Waals surface area (Å²) < 4.78 is 12.7. The van der Waals surface area contributed by atoms with E-state index < -0.39 is 0 Å². The molecule has 4 rings (SSSR count). The van der Waals surface area contributed by atoms with Crippen molar-refractivity contribution >= 4 is 44.7 Å². The molecule has 1 aliphatic heterocycles. The second-order valence-electron chi connectivity index (χ2n) is 6.81. The van der Waals surface area contributed by atoms with E-state index in [0.717, 1.165) is 26.1 Å². The largest absolute Gasteiger partial charge is 0.473 e. The first-order valence-electron chi connectivity index (χ1n) is 8.84. The van der Waals surface area contributed by atoms with Crippen molar-refractivity contribution in [2.75, 3.05) is 18.5 Å². The van der Waals surface area contributed by atoms with Crippen LogP contribution in [0.1, 0.15) is 19.3 Å². The fraction of sp³-hybridized carbons (Fsp3) is 0.421. The number of fused-ring (bicyclic) bond motifs is 2. The van der Waals surface area contributed by atoms with E-state index in [2.05, 4.69) is 36.1 Å². The third kappa shape index (κ3) is 3.88.